The monoisotopic (exact) mass is 186 g/mol. The molecule has 0 fully saturated rings. The van der Waals surface area contributed by atoms with Crippen LogP contribution in [0.1, 0.15) is 46.5 Å². The van der Waals surface area contributed by atoms with Gasteiger partial charge in [0.2, 0.25) is 0 Å². The average Bonchev–Trinajstić information content (AvgIpc) is 2.13. The van der Waals surface area contributed by atoms with E-state index in [9.17, 15) is 4.79 Å². The lowest BCUT2D eigenvalue weighted by molar-refractivity contribution is -0.130. The molecule has 78 valence electrons. The van der Waals surface area contributed by atoms with Gasteiger partial charge in [-0.25, -0.2) is 0 Å². The molecular weight excluding hydrogens is 164 g/mol. The average molecular weight is 186 g/mol. The molecule has 0 bridgehead atoms. The number of carbonyl (C=O) groups excluding carboxylic acids is 1. The number of carbonyl (C=O) groups is 1. The molecule has 2 unspecified atom stereocenters. The van der Waals surface area contributed by atoms with Crippen molar-refractivity contribution < 1.29 is 9.53 Å². The number of ether oxygens (including phenoxy) is 1. The van der Waals surface area contributed by atoms with Crippen molar-refractivity contribution in [1.29, 1.82) is 0 Å². The fourth-order valence-electron chi connectivity index (χ4n) is 1.29. The Kier molecular flexibility index (Phi) is 6.87. The molecule has 0 radical (unpaired) electrons. The zero-order chi connectivity index (χ0) is 10.3. The predicted molar refractivity (Wildman–Crippen MR) is 54.8 cm³/mol. The van der Waals surface area contributed by atoms with Crippen molar-refractivity contribution in [3.63, 3.8) is 0 Å². The van der Waals surface area contributed by atoms with Gasteiger partial charge >= 0.3 is 0 Å². The molecule has 0 aliphatic heterocycles. The lowest BCUT2D eigenvalue weighted by atomic mass is 9.97. The van der Waals surface area contributed by atoms with Crippen LogP contribution < -0.4 is 0 Å². The predicted octanol–water partition coefficient (Wildman–Crippen LogP) is 2.81. The Labute approximate surface area is 81.7 Å². The van der Waals surface area contributed by atoms with E-state index in [0.717, 1.165) is 19.3 Å². The first-order chi connectivity index (χ1) is 6.15. The molecule has 0 N–H and O–H groups in total. The molecule has 0 saturated carbocycles. The number of methoxy groups -OCH3 is 1. The zero-order valence-electron chi connectivity index (χ0n) is 9.30. The number of hydrogen-bond donors (Lipinski definition) is 0. The van der Waals surface area contributed by atoms with Crippen molar-refractivity contribution in [2.75, 3.05) is 7.11 Å². The maximum atomic E-state index is 11.6. The van der Waals surface area contributed by atoms with Crippen LogP contribution >= 0.6 is 0 Å². The molecule has 0 aromatic heterocycles. The van der Waals surface area contributed by atoms with Crippen LogP contribution in [0.15, 0.2) is 0 Å². The van der Waals surface area contributed by atoms with Crippen LogP contribution in [-0.4, -0.2) is 19.0 Å². The number of hydrogen-bond acceptors (Lipinski definition) is 2. The Balaban J connectivity index is 3.90. The number of Topliss-reactive ketones (excluding diaryl/α,β-unsaturated/α-hetero) is 1. The summed E-state index contributed by atoms with van der Waals surface area (Å²) in [4.78, 5) is 11.6. The summed E-state index contributed by atoms with van der Waals surface area (Å²) in [6, 6.07) is 0. The van der Waals surface area contributed by atoms with Gasteiger partial charge in [0, 0.05) is 13.5 Å². The second kappa shape index (κ2) is 7.07. The maximum Gasteiger partial charge on any atom is 0.161 e. The fourth-order valence-corrected chi connectivity index (χ4v) is 1.29. The third kappa shape index (κ3) is 5.04. The smallest absolute Gasteiger partial charge is 0.161 e. The van der Waals surface area contributed by atoms with E-state index in [1.54, 1.807) is 7.11 Å². The van der Waals surface area contributed by atoms with Gasteiger partial charge < -0.3 is 4.74 Å². The van der Waals surface area contributed by atoms with Gasteiger partial charge in [-0.05, 0) is 12.3 Å². The van der Waals surface area contributed by atoms with Crippen molar-refractivity contribution in [2.24, 2.45) is 5.92 Å². The van der Waals surface area contributed by atoms with E-state index in [1.165, 1.54) is 0 Å². The van der Waals surface area contributed by atoms with E-state index in [1.807, 2.05) is 0 Å². The summed E-state index contributed by atoms with van der Waals surface area (Å²) in [5.74, 6) is 0.751. The second-order valence-electron chi connectivity index (χ2n) is 3.70. The Morgan fingerprint density at radius 1 is 1.38 bits per heavy atom. The van der Waals surface area contributed by atoms with Gasteiger partial charge in [0.15, 0.2) is 5.78 Å². The highest BCUT2D eigenvalue weighted by Gasteiger charge is 2.18. The quantitative estimate of drug-likeness (QED) is 0.611. The molecule has 2 atom stereocenters. The van der Waals surface area contributed by atoms with Crippen LogP contribution in [0, 0.1) is 5.92 Å². The molecule has 0 aliphatic rings. The van der Waals surface area contributed by atoms with Gasteiger partial charge in [-0.3, -0.25) is 4.79 Å². The van der Waals surface area contributed by atoms with Gasteiger partial charge in [0.25, 0.3) is 0 Å². The van der Waals surface area contributed by atoms with Crippen LogP contribution in [-0.2, 0) is 9.53 Å². The van der Waals surface area contributed by atoms with Crippen molar-refractivity contribution >= 4 is 5.78 Å². The van der Waals surface area contributed by atoms with Crippen molar-refractivity contribution in [3.8, 4) is 0 Å². The summed E-state index contributed by atoms with van der Waals surface area (Å²) in [6.45, 7) is 6.29. The molecule has 0 aromatic rings. The van der Waals surface area contributed by atoms with Gasteiger partial charge in [0.1, 0.15) is 6.10 Å². The standard InChI is InChI=1S/C11H22O2/c1-5-7-11(13-4)10(12)8-9(3)6-2/h9,11H,5-8H2,1-4H3. The fraction of sp³-hybridized carbons (Fsp3) is 0.909. The summed E-state index contributed by atoms with van der Waals surface area (Å²) in [5.41, 5.74) is 0. The maximum absolute atomic E-state index is 11.6. The first-order valence-corrected chi connectivity index (χ1v) is 5.21. The SMILES string of the molecule is CCCC(OC)C(=O)CC(C)CC. The van der Waals surface area contributed by atoms with E-state index >= 15 is 0 Å². The highest BCUT2D eigenvalue weighted by Crippen LogP contribution is 2.12. The Bertz CT molecular complexity index is 143. The molecule has 0 spiro atoms. The molecular formula is C11H22O2. The Morgan fingerprint density at radius 2 is 2.00 bits per heavy atom. The van der Waals surface area contributed by atoms with E-state index < -0.39 is 0 Å². The topological polar surface area (TPSA) is 26.3 Å². The van der Waals surface area contributed by atoms with Crippen LogP contribution in [0.5, 0.6) is 0 Å². The van der Waals surface area contributed by atoms with Crippen molar-refractivity contribution in [2.45, 2.75) is 52.6 Å². The summed E-state index contributed by atoms with van der Waals surface area (Å²) in [7, 11) is 1.62. The lowest BCUT2D eigenvalue weighted by Gasteiger charge is -2.15. The summed E-state index contributed by atoms with van der Waals surface area (Å²) >= 11 is 0. The van der Waals surface area contributed by atoms with Crippen molar-refractivity contribution in [1.82, 2.24) is 0 Å². The number of ketones is 1. The van der Waals surface area contributed by atoms with E-state index in [4.69, 9.17) is 4.74 Å². The van der Waals surface area contributed by atoms with Crippen LogP contribution in [0.25, 0.3) is 0 Å². The highest BCUT2D eigenvalue weighted by atomic mass is 16.5. The van der Waals surface area contributed by atoms with Gasteiger partial charge in [-0.2, -0.15) is 0 Å². The normalized spacial score (nSPS) is 15.4. The molecule has 0 aromatic carbocycles. The third-order valence-electron chi connectivity index (χ3n) is 2.44. The molecule has 2 heteroatoms. The van der Waals surface area contributed by atoms with Crippen molar-refractivity contribution in [3.05, 3.63) is 0 Å². The van der Waals surface area contributed by atoms with Gasteiger partial charge in [0.05, 0.1) is 0 Å². The molecule has 2 nitrogen and oxygen atoms in total. The molecule has 0 aliphatic carbocycles. The number of rotatable bonds is 7. The minimum absolute atomic E-state index is 0.168. The summed E-state index contributed by atoms with van der Waals surface area (Å²) < 4.78 is 5.15. The zero-order valence-corrected chi connectivity index (χ0v) is 9.30. The summed E-state index contributed by atoms with van der Waals surface area (Å²) in [6.07, 6.45) is 3.42. The molecule has 0 heterocycles. The van der Waals surface area contributed by atoms with Crippen LogP contribution in [0.3, 0.4) is 0 Å². The minimum Gasteiger partial charge on any atom is -0.374 e. The first kappa shape index (κ1) is 12.6. The molecule has 13 heavy (non-hydrogen) atoms. The van der Waals surface area contributed by atoms with Gasteiger partial charge in [-0.1, -0.05) is 33.6 Å². The second-order valence-corrected chi connectivity index (χ2v) is 3.70. The van der Waals surface area contributed by atoms with E-state index in [0.29, 0.717) is 12.3 Å². The minimum atomic E-state index is -0.168. The van der Waals surface area contributed by atoms with Gasteiger partial charge in [-0.15, -0.1) is 0 Å². The molecule has 0 rings (SSSR count). The van der Waals surface area contributed by atoms with E-state index in [2.05, 4.69) is 20.8 Å². The lowest BCUT2D eigenvalue weighted by Crippen LogP contribution is -2.24. The van der Waals surface area contributed by atoms with Crippen LogP contribution in [0.4, 0.5) is 0 Å². The molecule has 0 amide bonds. The Morgan fingerprint density at radius 3 is 2.38 bits per heavy atom. The summed E-state index contributed by atoms with van der Waals surface area (Å²) in [5, 5.41) is 0. The van der Waals surface area contributed by atoms with Crippen LogP contribution in [0.2, 0.25) is 0 Å². The third-order valence-corrected chi connectivity index (χ3v) is 2.44. The highest BCUT2D eigenvalue weighted by molar-refractivity contribution is 5.83. The first-order valence-electron chi connectivity index (χ1n) is 5.21. The molecule has 0 saturated heterocycles. The Hall–Kier alpha value is -0.370. The van der Waals surface area contributed by atoms with E-state index in [-0.39, 0.29) is 11.9 Å². The largest absolute Gasteiger partial charge is 0.374 e.